The van der Waals surface area contributed by atoms with Crippen LogP contribution in [0.5, 0.6) is 0 Å². The number of hydrogen-bond donors (Lipinski definition) is 1. The zero-order valence-corrected chi connectivity index (χ0v) is 20.5. The van der Waals surface area contributed by atoms with Crippen molar-refractivity contribution in [2.75, 3.05) is 4.72 Å². The van der Waals surface area contributed by atoms with E-state index in [2.05, 4.69) is 27.6 Å². The highest BCUT2D eigenvalue weighted by Gasteiger charge is 2.19. The number of nitrogens with one attached hydrogen (secondary N) is 1. The van der Waals surface area contributed by atoms with Crippen LogP contribution in [0.2, 0.25) is 0 Å². The normalized spacial score (nSPS) is 11.2. The monoisotopic (exact) mass is 515 g/mol. The summed E-state index contributed by atoms with van der Waals surface area (Å²) in [6, 6.07) is 19.2. The zero-order chi connectivity index (χ0) is 23.1. The van der Waals surface area contributed by atoms with E-state index in [9.17, 15) is 13.2 Å². The number of sulfonamides is 1. The van der Waals surface area contributed by atoms with Crippen LogP contribution in [0.15, 0.2) is 76.1 Å². The first-order valence-electron chi connectivity index (χ1n) is 10.4. The minimum atomic E-state index is -3.85. The van der Waals surface area contributed by atoms with Gasteiger partial charge in [0.15, 0.2) is 0 Å². The van der Waals surface area contributed by atoms with Crippen molar-refractivity contribution in [2.45, 2.75) is 44.6 Å². The molecule has 0 heterocycles. The molecular formula is C25H26BrNO4S. The lowest BCUT2D eigenvalue weighted by atomic mass is 10.1. The predicted octanol–water partition coefficient (Wildman–Crippen LogP) is 6.26. The van der Waals surface area contributed by atoms with Crippen LogP contribution in [0, 0.1) is 6.92 Å². The van der Waals surface area contributed by atoms with E-state index in [0.717, 1.165) is 29.3 Å². The smallest absolute Gasteiger partial charge is 0.338 e. The van der Waals surface area contributed by atoms with Crippen molar-refractivity contribution < 1.29 is 17.9 Å². The molecule has 0 amide bonds. The molecule has 0 radical (unpaired) electrons. The van der Waals surface area contributed by atoms with Gasteiger partial charge in [0, 0.05) is 10.2 Å². The summed E-state index contributed by atoms with van der Waals surface area (Å²) in [6.07, 6.45) is 3.16. The van der Waals surface area contributed by atoms with Gasteiger partial charge in [-0.3, -0.25) is 4.72 Å². The second-order valence-electron chi connectivity index (χ2n) is 7.59. The molecule has 3 aromatic rings. The number of carbonyl (C=O) groups is 1. The van der Waals surface area contributed by atoms with E-state index in [-0.39, 0.29) is 17.1 Å². The molecule has 0 aliphatic heterocycles. The Morgan fingerprint density at radius 2 is 1.62 bits per heavy atom. The van der Waals surface area contributed by atoms with Crippen LogP contribution in [-0.4, -0.2) is 14.4 Å². The maximum atomic E-state index is 12.9. The maximum absolute atomic E-state index is 12.9. The van der Waals surface area contributed by atoms with Crippen LogP contribution in [0.3, 0.4) is 0 Å². The number of hydrogen-bond acceptors (Lipinski definition) is 4. The number of halogens is 1. The number of aryl methyl sites for hydroxylation is 2. The Bertz CT molecular complexity index is 1170. The molecule has 0 bridgehead atoms. The van der Waals surface area contributed by atoms with Gasteiger partial charge in [0.05, 0.1) is 10.5 Å². The molecular weight excluding hydrogens is 490 g/mol. The first kappa shape index (κ1) is 24.0. The van der Waals surface area contributed by atoms with Crippen LogP contribution in [0.4, 0.5) is 5.69 Å². The van der Waals surface area contributed by atoms with Crippen molar-refractivity contribution in [3.05, 3.63) is 93.5 Å². The highest BCUT2D eigenvalue weighted by atomic mass is 79.9. The maximum Gasteiger partial charge on any atom is 0.338 e. The molecule has 0 unspecified atom stereocenters. The lowest BCUT2D eigenvalue weighted by Gasteiger charge is -2.12. The fourth-order valence-corrected chi connectivity index (χ4v) is 4.48. The second-order valence-corrected chi connectivity index (χ2v) is 10.2. The summed E-state index contributed by atoms with van der Waals surface area (Å²) in [7, 11) is -3.85. The van der Waals surface area contributed by atoms with Gasteiger partial charge in [0.25, 0.3) is 10.0 Å². The fourth-order valence-electron chi connectivity index (χ4n) is 3.13. The topological polar surface area (TPSA) is 72.5 Å². The summed E-state index contributed by atoms with van der Waals surface area (Å²) in [4.78, 5) is 12.6. The summed E-state index contributed by atoms with van der Waals surface area (Å²) in [6.45, 7) is 3.98. The lowest BCUT2D eigenvalue weighted by Crippen LogP contribution is -2.15. The Kier molecular flexibility index (Phi) is 8.10. The van der Waals surface area contributed by atoms with Crippen molar-refractivity contribution >= 4 is 37.6 Å². The molecule has 7 heteroatoms. The van der Waals surface area contributed by atoms with E-state index in [4.69, 9.17) is 4.74 Å². The number of ether oxygens (including phenoxy) is 1. The Morgan fingerprint density at radius 3 is 2.28 bits per heavy atom. The number of unbranched alkanes of at least 4 members (excludes halogenated alkanes) is 1. The summed E-state index contributed by atoms with van der Waals surface area (Å²) in [5.41, 5.74) is 3.35. The molecule has 0 spiro atoms. The Labute approximate surface area is 198 Å². The fraction of sp³-hybridized carbons (Fsp3) is 0.240. The van der Waals surface area contributed by atoms with Gasteiger partial charge in [-0.05, 0) is 72.9 Å². The summed E-state index contributed by atoms with van der Waals surface area (Å²) >= 11 is 3.36. The molecule has 0 saturated heterocycles. The lowest BCUT2D eigenvalue weighted by molar-refractivity contribution is 0.0471. The first-order chi connectivity index (χ1) is 15.3. The number of anilines is 1. The molecule has 3 aromatic carbocycles. The van der Waals surface area contributed by atoms with Gasteiger partial charge >= 0.3 is 5.97 Å². The van der Waals surface area contributed by atoms with Gasteiger partial charge in [-0.1, -0.05) is 59.6 Å². The van der Waals surface area contributed by atoms with Crippen molar-refractivity contribution in [3.8, 4) is 0 Å². The molecule has 168 valence electrons. The molecule has 0 saturated carbocycles. The third-order valence-electron chi connectivity index (χ3n) is 5.05. The van der Waals surface area contributed by atoms with E-state index in [1.54, 1.807) is 25.1 Å². The molecule has 0 atom stereocenters. The minimum absolute atomic E-state index is 0.00810. The van der Waals surface area contributed by atoms with Crippen LogP contribution in [-0.2, 0) is 27.8 Å². The summed E-state index contributed by atoms with van der Waals surface area (Å²) in [5, 5.41) is 0. The van der Waals surface area contributed by atoms with Gasteiger partial charge < -0.3 is 4.74 Å². The summed E-state index contributed by atoms with van der Waals surface area (Å²) in [5.74, 6) is -0.567. The van der Waals surface area contributed by atoms with Crippen molar-refractivity contribution in [1.82, 2.24) is 0 Å². The number of carbonyl (C=O) groups excluding carboxylic acids is 1. The Morgan fingerprint density at radius 1 is 0.969 bits per heavy atom. The molecule has 1 N–H and O–H groups in total. The largest absolute Gasteiger partial charge is 0.457 e. The Hall–Kier alpha value is -2.64. The molecule has 32 heavy (non-hydrogen) atoms. The van der Waals surface area contributed by atoms with E-state index < -0.39 is 16.0 Å². The van der Waals surface area contributed by atoms with Crippen molar-refractivity contribution in [2.24, 2.45) is 0 Å². The minimum Gasteiger partial charge on any atom is -0.457 e. The SMILES string of the molecule is CCCCc1ccc(NS(=O)(=O)c2ccc(C)c(C(=O)OCc3ccc(Br)cc3)c2)cc1. The highest BCUT2D eigenvalue weighted by Crippen LogP contribution is 2.21. The zero-order valence-electron chi connectivity index (χ0n) is 18.1. The third-order valence-corrected chi connectivity index (χ3v) is 6.96. The highest BCUT2D eigenvalue weighted by molar-refractivity contribution is 9.10. The average Bonchev–Trinajstić information content (AvgIpc) is 2.78. The number of esters is 1. The summed E-state index contributed by atoms with van der Waals surface area (Å²) < 4.78 is 34.7. The van der Waals surface area contributed by atoms with Crippen molar-refractivity contribution in [1.29, 1.82) is 0 Å². The Balaban J connectivity index is 1.72. The van der Waals surface area contributed by atoms with E-state index in [1.165, 1.54) is 17.7 Å². The van der Waals surface area contributed by atoms with E-state index >= 15 is 0 Å². The van der Waals surface area contributed by atoms with E-state index in [1.807, 2.05) is 36.4 Å². The van der Waals surface area contributed by atoms with Gasteiger partial charge in [-0.25, -0.2) is 13.2 Å². The predicted molar refractivity (Wildman–Crippen MR) is 130 cm³/mol. The first-order valence-corrected chi connectivity index (χ1v) is 12.7. The van der Waals surface area contributed by atoms with Crippen LogP contribution in [0.1, 0.15) is 46.8 Å². The molecule has 3 rings (SSSR count). The van der Waals surface area contributed by atoms with Gasteiger partial charge in [-0.2, -0.15) is 0 Å². The molecule has 0 aliphatic rings. The molecule has 0 fully saturated rings. The third kappa shape index (κ3) is 6.43. The van der Waals surface area contributed by atoms with Crippen LogP contribution in [0.25, 0.3) is 0 Å². The number of rotatable bonds is 9. The van der Waals surface area contributed by atoms with Crippen LogP contribution >= 0.6 is 15.9 Å². The molecule has 0 aromatic heterocycles. The van der Waals surface area contributed by atoms with E-state index in [0.29, 0.717) is 11.3 Å². The standard InChI is InChI=1S/C25H26BrNO4S/c1-3-4-5-19-9-13-22(14-10-19)27-32(29,30)23-15-6-18(2)24(16-23)25(28)31-17-20-7-11-21(26)12-8-20/h6-16,27H,3-5,17H2,1-2H3. The number of benzene rings is 3. The van der Waals surface area contributed by atoms with Crippen LogP contribution < -0.4 is 4.72 Å². The van der Waals surface area contributed by atoms with Gasteiger partial charge in [0.2, 0.25) is 0 Å². The molecule has 0 aliphatic carbocycles. The van der Waals surface area contributed by atoms with Gasteiger partial charge in [0.1, 0.15) is 6.61 Å². The van der Waals surface area contributed by atoms with Gasteiger partial charge in [-0.15, -0.1) is 0 Å². The van der Waals surface area contributed by atoms with Crippen molar-refractivity contribution in [3.63, 3.8) is 0 Å². The quantitative estimate of drug-likeness (QED) is 0.341. The average molecular weight is 516 g/mol. The second kappa shape index (κ2) is 10.8. The molecule has 5 nitrogen and oxygen atoms in total.